The number of rotatable bonds is 4. The van der Waals surface area contributed by atoms with Gasteiger partial charge in [-0.05, 0) is 12.5 Å². The molecule has 1 fully saturated rings. The van der Waals surface area contributed by atoms with Crippen LogP contribution in [0.5, 0.6) is 17.2 Å². The first-order valence-corrected chi connectivity index (χ1v) is 5.26. The number of halogens is 1. The molecule has 0 bridgehead atoms. The molecule has 17 heavy (non-hydrogen) atoms. The first kappa shape index (κ1) is 13.9. The Balaban J connectivity index is 0.00000144. The molecule has 0 saturated heterocycles. The zero-order valence-electron chi connectivity index (χ0n) is 10.2. The fourth-order valence-electron chi connectivity index (χ4n) is 1.91. The molecule has 1 aliphatic carbocycles. The zero-order chi connectivity index (χ0) is 11.7. The van der Waals surface area contributed by atoms with Gasteiger partial charge in [0.25, 0.3) is 0 Å². The highest BCUT2D eigenvalue weighted by Gasteiger charge is 2.37. The number of hydrogen-bond acceptors (Lipinski definition) is 4. The van der Waals surface area contributed by atoms with Crippen LogP contribution in [0.25, 0.3) is 0 Å². The van der Waals surface area contributed by atoms with Gasteiger partial charge in [0, 0.05) is 23.6 Å². The van der Waals surface area contributed by atoms with Gasteiger partial charge in [0.15, 0.2) is 11.5 Å². The Labute approximate surface area is 107 Å². The molecule has 96 valence electrons. The Morgan fingerprint density at radius 2 is 1.47 bits per heavy atom. The Kier molecular flexibility index (Phi) is 4.48. The zero-order valence-corrected chi connectivity index (χ0v) is 11.0. The van der Waals surface area contributed by atoms with Crippen molar-refractivity contribution in [3.63, 3.8) is 0 Å². The Morgan fingerprint density at radius 3 is 1.88 bits per heavy atom. The van der Waals surface area contributed by atoms with E-state index >= 15 is 0 Å². The van der Waals surface area contributed by atoms with E-state index in [4.69, 9.17) is 19.9 Å². The van der Waals surface area contributed by atoms with Crippen molar-refractivity contribution in [1.29, 1.82) is 0 Å². The second-order valence-corrected chi connectivity index (χ2v) is 3.96. The van der Waals surface area contributed by atoms with Gasteiger partial charge in [0.2, 0.25) is 0 Å². The predicted octanol–water partition coefficient (Wildman–Crippen LogP) is 1.95. The van der Waals surface area contributed by atoms with E-state index in [1.807, 2.05) is 12.1 Å². The van der Waals surface area contributed by atoms with E-state index in [0.717, 1.165) is 23.5 Å². The second kappa shape index (κ2) is 5.47. The van der Waals surface area contributed by atoms with Gasteiger partial charge < -0.3 is 19.9 Å². The van der Waals surface area contributed by atoms with Gasteiger partial charge >= 0.3 is 0 Å². The molecule has 1 aromatic carbocycles. The molecule has 0 radical (unpaired) electrons. The van der Waals surface area contributed by atoms with Crippen LogP contribution in [0.4, 0.5) is 0 Å². The minimum Gasteiger partial charge on any atom is -0.496 e. The first-order chi connectivity index (χ1) is 7.71. The van der Waals surface area contributed by atoms with Crippen molar-refractivity contribution in [2.24, 2.45) is 5.73 Å². The minimum absolute atomic E-state index is 0. The maximum Gasteiger partial charge on any atom is 0.164 e. The molecular formula is C12H18ClNO3. The van der Waals surface area contributed by atoms with E-state index in [9.17, 15) is 0 Å². The van der Waals surface area contributed by atoms with Crippen LogP contribution < -0.4 is 19.9 Å². The molecule has 4 nitrogen and oxygen atoms in total. The quantitative estimate of drug-likeness (QED) is 0.898. The molecular weight excluding hydrogens is 242 g/mol. The molecule has 2 atom stereocenters. The smallest absolute Gasteiger partial charge is 0.164 e. The summed E-state index contributed by atoms with van der Waals surface area (Å²) in [5.74, 6) is 2.60. The maximum absolute atomic E-state index is 5.86. The summed E-state index contributed by atoms with van der Waals surface area (Å²) >= 11 is 0. The molecule has 5 heteroatoms. The second-order valence-electron chi connectivity index (χ2n) is 3.96. The van der Waals surface area contributed by atoms with Crippen LogP contribution >= 0.6 is 12.4 Å². The van der Waals surface area contributed by atoms with Crippen molar-refractivity contribution in [3.05, 3.63) is 17.7 Å². The molecule has 2 unspecified atom stereocenters. The summed E-state index contributed by atoms with van der Waals surface area (Å²) in [5.41, 5.74) is 6.96. The van der Waals surface area contributed by atoms with Crippen molar-refractivity contribution in [3.8, 4) is 17.2 Å². The molecule has 0 aromatic heterocycles. The van der Waals surface area contributed by atoms with Crippen molar-refractivity contribution in [1.82, 2.24) is 0 Å². The van der Waals surface area contributed by atoms with Crippen LogP contribution in [0.15, 0.2) is 12.1 Å². The molecule has 0 heterocycles. The van der Waals surface area contributed by atoms with Gasteiger partial charge in [0.1, 0.15) is 5.75 Å². The molecule has 0 aliphatic heterocycles. The van der Waals surface area contributed by atoms with E-state index in [0.29, 0.717) is 11.7 Å². The van der Waals surface area contributed by atoms with E-state index in [-0.39, 0.29) is 18.4 Å². The highest BCUT2D eigenvalue weighted by Crippen LogP contribution is 2.47. The monoisotopic (exact) mass is 259 g/mol. The summed E-state index contributed by atoms with van der Waals surface area (Å²) in [4.78, 5) is 0. The molecule has 1 aliphatic rings. The fraction of sp³-hybridized carbons (Fsp3) is 0.500. The van der Waals surface area contributed by atoms with Crippen molar-refractivity contribution in [2.45, 2.75) is 18.4 Å². The van der Waals surface area contributed by atoms with Crippen molar-refractivity contribution < 1.29 is 14.2 Å². The molecule has 1 saturated carbocycles. The van der Waals surface area contributed by atoms with E-state index < -0.39 is 0 Å². The normalized spacial score (nSPS) is 21.4. The standard InChI is InChI=1S/C12H17NO3.ClH/c1-14-10-6-12(16-3)11(15-2)5-8(10)7-4-9(7)13;/h5-7,9H,4,13H2,1-3H3;1H. The average Bonchev–Trinajstić information content (AvgIpc) is 3.04. The molecule has 1 aromatic rings. The summed E-state index contributed by atoms with van der Waals surface area (Å²) < 4.78 is 15.8. The molecule has 2 N–H and O–H groups in total. The van der Waals surface area contributed by atoms with Gasteiger partial charge in [-0.25, -0.2) is 0 Å². The lowest BCUT2D eigenvalue weighted by molar-refractivity contribution is 0.347. The van der Waals surface area contributed by atoms with E-state index in [1.54, 1.807) is 21.3 Å². The Morgan fingerprint density at radius 1 is 1.00 bits per heavy atom. The van der Waals surface area contributed by atoms with Crippen LogP contribution in [-0.4, -0.2) is 27.4 Å². The van der Waals surface area contributed by atoms with Crippen LogP contribution in [0.2, 0.25) is 0 Å². The van der Waals surface area contributed by atoms with Crippen molar-refractivity contribution in [2.75, 3.05) is 21.3 Å². The van der Waals surface area contributed by atoms with Crippen LogP contribution in [0.1, 0.15) is 17.9 Å². The largest absolute Gasteiger partial charge is 0.496 e. The first-order valence-electron chi connectivity index (χ1n) is 5.26. The number of methoxy groups -OCH3 is 3. The topological polar surface area (TPSA) is 53.7 Å². The van der Waals surface area contributed by atoms with Gasteiger partial charge in [-0.3, -0.25) is 0 Å². The summed E-state index contributed by atoms with van der Waals surface area (Å²) in [6.07, 6.45) is 1.01. The number of ether oxygens (including phenoxy) is 3. The van der Waals surface area contributed by atoms with Crippen LogP contribution in [0, 0.1) is 0 Å². The summed E-state index contributed by atoms with van der Waals surface area (Å²) in [5, 5.41) is 0. The summed E-state index contributed by atoms with van der Waals surface area (Å²) in [7, 11) is 4.89. The van der Waals surface area contributed by atoms with Crippen LogP contribution in [0.3, 0.4) is 0 Å². The van der Waals surface area contributed by atoms with Gasteiger partial charge in [-0.15, -0.1) is 12.4 Å². The molecule has 2 rings (SSSR count). The number of hydrogen-bond donors (Lipinski definition) is 1. The van der Waals surface area contributed by atoms with E-state index in [2.05, 4.69) is 0 Å². The highest BCUT2D eigenvalue weighted by atomic mass is 35.5. The molecule has 0 spiro atoms. The number of benzene rings is 1. The third kappa shape index (κ3) is 2.58. The van der Waals surface area contributed by atoms with Gasteiger partial charge in [-0.2, -0.15) is 0 Å². The summed E-state index contributed by atoms with van der Waals surface area (Å²) in [6.45, 7) is 0. The lowest BCUT2D eigenvalue weighted by Gasteiger charge is -2.13. The third-order valence-corrected chi connectivity index (χ3v) is 2.98. The fourth-order valence-corrected chi connectivity index (χ4v) is 1.91. The minimum atomic E-state index is 0. The lowest BCUT2D eigenvalue weighted by atomic mass is 10.1. The number of nitrogens with two attached hydrogens (primary N) is 1. The Hall–Kier alpha value is -1.13. The van der Waals surface area contributed by atoms with Crippen LogP contribution in [-0.2, 0) is 0 Å². The van der Waals surface area contributed by atoms with E-state index in [1.165, 1.54) is 0 Å². The van der Waals surface area contributed by atoms with Gasteiger partial charge in [0.05, 0.1) is 21.3 Å². The molecule has 0 amide bonds. The van der Waals surface area contributed by atoms with Gasteiger partial charge in [-0.1, -0.05) is 0 Å². The maximum atomic E-state index is 5.86. The SMILES string of the molecule is COc1cc(OC)c(C2CC2N)cc1OC.Cl. The summed E-state index contributed by atoms with van der Waals surface area (Å²) in [6, 6.07) is 4.04. The average molecular weight is 260 g/mol. The Bertz CT molecular complexity index is 398. The predicted molar refractivity (Wildman–Crippen MR) is 68.7 cm³/mol. The highest BCUT2D eigenvalue weighted by molar-refractivity contribution is 5.85. The third-order valence-electron chi connectivity index (χ3n) is 2.98. The lowest BCUT2D eigenvalue weighted by Crippen LogP contribution is -2.03. The van der Waals surface area contributed by atoms with Crippen molar-refractivity contribution >= 4 is 12.4 Å².